The SMILES string of the molecule is CCCCCCCCCCCCCOc1cccc(CC(COP(=O)(O)OCCC[N+](C)(C)CC)CC(C)=O)c1. The van der Waals surface area contributed by atoms with Gasteiger partial charge in [0.2, 0.25) is 0 Å². The lowest BCUT2D eigenvalue weighted by molar-refractivity contribution is -0.888. The molecule has 1 rings (SSSR count). The fourth-order valence-corrected chi connectivity index (χ4v) is 5.55. The number of hydrogen-bond donors (Lipinski definition) is 1. The number of nitrogens with zero attached hydrogens (tertiary/aromatic N) is 1. The lowest BCUT2D eigenvalue weighted by Crippen LogP contribution is -2.40. The summed E-state index contributed by atoms with van der Waals surface area (Å²) in [5.41, 5.74) is 1.01. The van der Waals surface area contributed by atoms with Crippen LogP contribution in [0.4, 0.5) is 0 Å². The van der Waals surface area contributed by atoms with Gasteiger partial charge in [-0.25, -0.2) is 4.57 Å². The van der Waals surface area contributed by atoms with Gasteiger partial charge in [0.15, 0.2) is 0 Å². The van der Waals surface area contributed by atoms with Crippen molar-refractivity contribution in [2.24, 2.45) is 5.92 Å². The summed E-state index contributed by atoms with van der Waals surface area (Å²) in [4.78, 5) is 22.0. The maximum atomic E-state index is 12.4. The van der Waals surface area contributed by atoms with Crippen molar-refractivity contribution in [2.45, 2.75) is 111 Å². The van der Waals surface area contributed by atoms with Crippen molar-refractivity contribution in [3.8, 4) is 5.75 Å². The number of unbranched alkanes of at least 4 members (excludes halogenated alkanes) is 10. The van der Waals surface area contributed by atoms with E-state index in [0.717, 1.165) is 35.3 Å². The number of Topliss-reactive ketones (excluding diaryl/α,β-unsaturated/α-hetero) is 1. The van der Waals surface area contributed by atoms with Crippen molar-refractivity contribution in [1.29, 1.82) is 0 Å². The molecule has 0 saturated heterocycles. The molecule has 2 unspecified atom stereocenters. The summed E-state index contributed by atoms with van der Waals surface area (Å²) in [7, 11) is 0.0480. The van der Waals surface area contributed by atoms with Crippen LogP contribution in [0.1, 0.15) is 110 Å². The molecule has 0 spiro atoms. The van der Waals surface area contributed by atoms with E-state index in [1.807, 2.05) is 24.3 Å². The normalized spacial score (nSPS) is 14.2. The zero-order valence-electron chi connectivity index (χ0n) is 26.2. The molecule has 0 radical (unpaired) electrons. The molecule has 1 aromatic carbocycles. The third kappa shape index (κ3) is 19.8. The number of carbonyl (C=O) groups is 1. The van der Waals surface area contributed by atoms with E-state index in [1.54, 1.807) is 0 Å². The number of ketones is 1. The van der Waals surface area contributed by atoms with E-state index in [2.05, 4.69) is 27.9 Å². The van der Waals surface area contributed by atoms with Crippen LogP contribution in [0.2, 0.25) is 0 Å². The van der Waals surface area contributed by atoms with Gasteiger partial charge < -0.3 is 18.9 Å². The van der Waals surface area contributed by atoms with Gasteiger partial charge in [0.25, 0.3) is 0 Å². The predicted molar refractivity (Wildman–Crippen MR) is 165 cm³/mol. The Hall–Kier alpha value is -1.24. The van der Waals surface area contributed by atoms with Crippen molar-refractivity contribution in [3.63, 3.8) is 0 Å². The average Bonchev–Trinajstić information content (AvgIpc) is 2.90. The predicted octanol–water partition coefficient (Wildman–Crippen LogP) is 8.13. The van der Waals surface area contributed by atoms with Crippen LogP contribution in [0.3, 0.4) is 0 Å². The summed E-state index contributed by atoms with van der Waals surface area (Å²) in [5, 5.41) is 0. The van der Waals surface area contributed by atoms with Crippen LogP contribution in [0.25, 0.3) is 0 Å². The zero-order chi connectivity index (χ0) is 29.7. The van der Waals surface area contributed by atoms with Gasteiger partial charge in [-0.05, 0) is 50.3 Å². The molecular weight excluding hydrogens is 525 g/mol. The number of phosphoric ester groups is 1. The molecule has 0 fully saturated rings. The maximum Gasteiger partial charge on any atom is 0.472 e. The molecule has 2 atom stereocenters. The Morgan fingerprint density at radius 1 is 0.900 bits per heavy atom. The van der Waals surface area contributed by atoms with Crippen LogP contribution in [0.15, 0.2) is 24.3 Å². The number of ether oxygens (including phenoxy) is 1. The van der Waals surface area contributed by atoms with E-state index >= 15 is 0 Å². The van der Waals surface area contributed by atoms with E-state index in [9.17, 15) is 14.3 Å². The fourth-order valence-electron chi connectivity index (χ4n) is 4.72. The number of hydrogen-bond acceptors (Lipinski definition) is 5. The van der Waals surface area contributed by atoms with Gasteiger partial charge in [-0.1, -0.05) is 83.3 Å². The molecular formula is C32H59NO6P+. The summed E-state index contributed by atoms with van der Waals surface area (Å²) < 4.78 is 29.7. The summed E-state index contributed by atoms with van der Waals surface area (Å²) in [6.45, 7) is 8.56. The van der Waals surface area contributed by atoms with Gasteiger partial charge in [-0.3, -0.25) is 9.05 Å². The Kier molecular flexibility index (Phi) is 19.7. The van der Waals surface area contributed by atoms with E-state index in [0.29, 0.717) is 19.4 Å². The monoisotopic (exact) mass is 584 g/mol. The molecule has 40 heavy (non-hydrogen) atoms. The number of carbonyl (C=O) groups excluding carboxylic acids is 1. The second kappa shape index (κ2) is 21.5. The summed E-state index contributed by atoms with van der Waals surface area (Å²) >= 11 is 0. The zero-order valence-corrected chi connectivity index (χ0v) is 27.1. The van der Waals surface area contributed by atoms with Gasteiger partial charge in [0.1, 0.15) is 11.5 Å². The molecule has 0 aliphatic heterocycles. The molecule has 8 heteroatoms. The average molecular weight is 585 g/mol. The number of quaternary nitrogens is 1. The first-order chi connectivity index (χ1) is 19.1. The lowest BCUT2D eigenvalue weighted by Gasteiger charge is -2.28. The molecule has 232 valence electrons. The molecule has 1 N–H and O–H groups in total. The van der Waals surface area contributed by atoms with Crippen molar-refractivity contribution < 1.29 is 32.5 Å². The first-order valence-corrected chi connectivity index (χ1v) is 17.2. The highest BCUT2D eigenvalue weighted by molar-refractivity contribution is 7.47. The Balaban J connectivity index is 2.38. The summed E-state index contributed by atoms with van der Waals surface area (Å²) in [6.07, 6.45) is 15.8. The van der Waals surface area contributed by atoms with Crippen LogP contribution in [-0.2, 0) is 24.8 Å². The Labute approximate surface area is 245 Å². The van der Waals surface area contributed by atoms with Gasteiger partial charge in [-0.2, -0.15) is 0 Å². The van der Waals surface area contributed by atoms with Crippen molar-refractivity contribution in [3.05, 3.63) is 29.8 Å². The Bertz CT molecular complexity index is 846. The van der Waals surface area contributed by atoms with E-state index < -0.39 is 7.82 Å². The van der Waals surface area contributed by atoms with Crippen LogP contribution in [0.5, 0.6) is 5.75 Å². The lowest BCUT2D eigenvalue weighted by atomic mass is 9.95. The highest BCUT2D eigenvalue weighted by atomic mass is 31.2. The molecule has 7 nitrogen and oxygen atoms in total. The van der Waals surface area contributed by atoms with Crippen LogP contribution >= 0.6 is 7.82 Å². The minimum Gasteiger partial charge on any atom is -0.494 e. The van der Waals surface area contributed by atoms with Crippen LogP contribution in [0, 0.1) is 5.92 Å². The standard InChI is InChI=1S/C32H58NO6P/c1-6-8-9-10-11-12-13-14-15-16-17-23-37-32-21-18-20-30(27-32)26-31(25-29(3)34)28-39-40(35,36)38-24-19-22-33(4,5)7-2/h18,20-21,27,31H,6-17,19,22-26,28H2,1-5H3/p+1. The number of phosphoric acid groups is 1. The maximum absolute atomic E-state index is 12.4. The molecule has 0 aliphatic rings. The largest absolute Gasteiger partial charge is 0.494 e. The minimum atomic E-state index is -4.17. The number of benzene rings is 1. The van der Waals surface area contributed by atoms with Crippen LogP contribution < -0.4 is 4.74 Å². The van der Waals surface area contributed by atoms with Gasteiger partial charge in [-0.15, -0.1) is 0 Å². The second-order valence-electron chi connectivity index (χ2n) is 11.9. The molecule has 0 saturated carbocycles. The van der Waals surface area contributed by atoms with Crippen molar-refractivity contribution in [2.75, 3.05) is 47.0 Å². The first-order valence-electron chi connectivity index (χ1n) is 15.7. The minimum absolute atomic E-state index is 0.0192. The van der Waals surface area contributed by atoms with E-state index in [-0.39, 0.29) is 31.3 Å². The molecule has 0 heterocycles. The van der Waals surface area contributed by atoms with E-state index in [4.69, 9.17) is 13.8 Å². The third-order valence-electron chi connectivity index (χ3n) is 7.51. The van der Waals surface area contributed by atoms with Crippen molar-refractivity contribution >= 4 is 13.6 Å². The van der Waals surface area contributed by atoms with Crippen LogP contribution in [-0.4, -0.2) is 62.2 Å². The molecule has 0 bridgehead atoms. The molecule has 0 aliphatic carbocycles. The summed E-state index contributed by atoms with van der Waals surface area (Å²) in [5.74, 6) is 0.613. The molecule has 1 aromatic rings. The highest BCUT2D eigenvalue weighted by Crippen LogP contribution is 2.44. The fraction of sp³-hybridized carbons (Fsp3) is 0.781. The smallest absolute Gasteiger partial charge is 0.472 e. The van der Waals surface area contributed by atoms with Crippen molar-refractivity contribution in [1.82, 2.24) is 0 Å². The van der Waals surface area contributed by atoms with Gasteiger partial charge in [0, 0.05) is 12.8 Å². The Morgan fingerprint density at radius 3 is 2.12 bits per heavy atom. The topological polar surface area (TPSA) is 82.1 Å². The van der Waals surface area contributed by atoms with E-state index in [1.165, 1.54) is 71.1 Å². The Morgan fingerprint density at radius 2 is 1.52 bits per heavy atom. The number of rotatable bonds is 26. The highest BCUT2D eigenvalue weighted by Gasteiger charge is 2.25. The molecule has 0 amide bonds. The quantitative estimate of drug-likeness (QED) is 0.0672. The third-order valence-corrected chi connectivity index (χ3v) is 8.49. The first kappa shape index (κ1) is 36.8. The summed E-state index contributed by atoms with van der Waals surface area (Å²) in [6, 6.07) is 7.89. The molecule has 0 aromatic heterocycles. The second-order valence-corrected chi connectivity index (χ2v) is 13.4. The van der Waals surface area contributed by atoms with Gasteiger partial charge >= 0.3 is 7.82 Å². The van der Waals surface area contributed by atoms with Gasteiger partial charge in [0.05, 0.1) is 47.0 Å².